The monoisotopic (exact) mass is 358 g/mol. The van der Waals surface area contributed by atoms with E-state index in [-0.39, 0.29) is 19.8 Å². The Morgan fingerprint density at radius 1 is 0.769 bits per heavy atom. The highest BCUT2D eigenvalue weighted by Crippen LogP contribution is 2.07. The summed E-state index contributed by atoms with van der Waals surface area (Å²) in [5, 5.41) is 0. The quantitative estimate of drug-likeness (QED) is 0.648. The summed E-state index contributed by atoms with van der Waals surface area (Å²) in [5.74, 6) is 0. The highest BCUT2D eigenvalue weighted by molar-refractivity contribution is 5.61. The molecule has 0 radical (unpaired) electrons. The summed E-state index contributed by atoms with van der Waals surface area (Å²) in [6.45, 7) is 1.96. The number of benzene rings is 2. The Hall–Kier alpha value is -3.02. The van der Waals surface area contributed by atoms with Crippen molar-refractivity contribution in [2.75, 3.05) is 6.61 Å². The van der Waals surface area contributed by atoms with E-state index in [0.717, 1.165) is 11.1 Å². The van der Waals surface area contributed by atoms with Crippen molar-refractivity contribution in [3.63, 3.8) is 0 Å². The van der Waals surface area contributed by atoms with Crippen LogP contribution in [0.2, 0.25) is 0 Å². The first-order chi connectivity index (χ1) is 12.7. The van der Waals surface area contributed by atoms with Crippen LogP contribution >= 0.6 is 0 Å². The first-order valence-electron chi connectivity index (χ1n) is 8.38. The van der Waals surface area contributed by atoms with E-state index in [0.29, 0.717) is 6.42 Å². The van der Waals surface area contributed by atoms with Gasteiger partial charge in [0.05, 0.1) is 0 Å². The highest BCUT2D eigenvalue weighted by Gasteiger charge is 2.17. The molecule has 6 nitrogen and oxygen atoms in total. The van der Waals surface area contributed by atoms with Crippen molar-refractivity contribution in [1.82, 2.24) is 0 Å². The summed E-state index contributed by atoms with van der Waals surface area (Å²) < 4.78 is 20.2. The molecule has 138 valence electrons. The van der Waals surface area contributed by atoms with Crippen molar-refractivity contribution in [2.45, 2.75) is 32.7 Å². The Morgan fingerprint density at radius 2 is 1.27 bits per heavy atom. The molecule has 0 saturated carbocycles. The van der Waals surface area contributed by atoms with Crippen LogP contribution in [0.3, 0.4) is 0 Å². The maximum atomic E-state index is 11.7. The number of hydrogen-bond acceptors (Lipinski definition) is 6. The molecule has 0 fully saturated rings. The van der Waals surface area contributed by atoms with Gasteiger partial charge in [-0.05, 0) is 17.5 Å². The minimum atomic E-state index is -0.812. The van der Waals surface area contributed by atoms with Gasteiger partial charge in [-0.15, -0.1) is 0 Å². The van der Waals surface area contributed by atoms with Crippen LogP contribution in [0.4, 0.5) is 9.59 Å². The molecule has 0 bridgehead atoms. The predicted molar refractivity (Wildman–Crippen MR) is 94.4 cm³/mol. The largest absolute Gasteiger partial charge is 0.509 e. The first kappa shape index (κ1) is 19.3. The molecule has 1 unspecified atom stereocenters. The van der Waals surface area contributed by atoms with Crippen molar-refractivity contribution in [2.24, 2.45) is 0 Å². The van der Waals surface area contributed by atoms with E-state index in [1.165, 1.54) is 0 Å². The topological polar surface area (TPSA) is 71.1 Å². The Bertz CT molecular complexity index is 671. The summed E-state index contributed by atoms with van der Waals surface area (Å²) in [7, 11) is 0. The Labute approximate surface area is 152 Å². The third-order valence-corrected chi connectivity index (χ3v) is 3.50. The number of ether oxygens (including phenoxy) is 4. The molecule has 2 aromatic rings. The number of carbonyl (C=O) groups is 2. The molecule has 0 aliphatic carbocycles. The average Bonchev–Trinajstić information content (AvgIpc) is 2.69. The number of carbonyl (C=O) groups excluding carboxylic acids is 2. The van der Waals surface area contributed by atoms with Gasteiger partial charge in [0.15, 0.2) is 0 Å². The molecule has 0 N–H and O–H groups in total. The van der Waals surface area contributed by atoms with Crippen LogP contribution in [0.25, 0.3) is 0 Å². The lowest BCUT2D eigenvalue weighted by atomic mass is 10.2. The van der Waals surface area contributed by atoms with Crippen molar-refractivity contribution >= 4 is 12.3 Å². The third kappa shape index (κ3) is 7.25. The van der Waals surface area contributed by atoms with E-state index < -0.39 is 18.4 Å². The summed E-state index contributed by atoms with van der Waals surface area (Å²) in [6, 6.07) is 18.5. The fourth-order valence-corrected chi connectivity index (χ4v) is 2.04. The Balaban J connectivity index is 1.66. The predicted octanol–water partition coefficient (Wildman–Crippen LogP) is 4.47. The molecule has 1 atom stereocenters. The lowest BCUT2D eigenvalue weighted by Crippen LogP contribution is -2.25. The molecule has 2 aromatic carbocycles. The summed E-state index contributed by atoms with van der Waals surface area (Å²) in [5.41, 5.74) is 1.72. The van der Waals surface area contributed by atoms with Crippen LogP contribution in [0.5, 0.6) is 0 Å². The normalized spacial score (nSPS) is 11.3. The van der Waals surface area contributed by atoms with Crippen molar-refractivity contribution < 1.29 is 28.5 Å². The van der Waals surface area contributed by atoms with E-state index in [1.54, 1.807) is 0 Å². The van der Waals surface area contributed by atoms with Crippen molar-refractivity contribution in [3.8, 4) is 0 Å². The Kier molecular flexibility index (Phi) is 7.99. The second-order valence-corrected chi connectivity index (χ2v) is 5.51. The van der Waals surface area contributed by atoms with Gasteiger partial charge in [-0.2, -0.15) is 0 Å². The van der Waals surface area contributed by atoms with Crippen molar-refractivity contribution in [1.29, 1.82) is 0 Å². The van der Waals surface area contributed by atoms with Crippen LogP contribution in [0, 0.1) is 0 Å². The van der Waals surface area contributed by atoms with Gasteiger partial charge >= 0.3 is 12.3 Å². The number of hydrogen-bond donors (Lipinski definition) is 0. The molecule has 0 heterocycles. The SMILES string of the molecule is CCC(COC(=O)OCc1ccccc1)OC(=O)OCc1ccccc1. The van der Waals surface area contributed by atoms with Gasteiger partial charge < -0.3 is 18.9 Å². The smallest absolute Gasteiger partial charge is 0.430 e. The van der Waals surface area contributed by atoms with E-state index in [1.807, 2.05) is 67.6 Å². The van der Waals surface area contributed by atoms with E-state index in [9.17, 15) is 9.59 Å². The van der Waals surface area contributed by atoms with E-state index >= 15 is 0 Å². The van der Waals surface area contributed by atoms with Gasteiger partial charge in [-0.3, -0.25) is 0 Å². The van der Waals surface area contributed by atoms with Crippen LogP contribution < -0.4 is 0 Å². The van der Waals surface area contributed by atoms with E-state index in [4.69, 9.17) is 18.9 Å². The second-order valence-electron chi connectivity index (χ2n) is 5.51. The molecular weight excluding hydrogens is 336 g/mol. The Morgan fingerprint density at radius 3 is 1.77 bits per heavy atom. The minimum Gasteiger partial charge on any atom is -0.430 e. The second kappa shape index (κ2) is 10.8. The van der Waals surface area contributed by atoms with Crippen molar-refractivity contribution in [3.05, 3.63) is 71.8 Å². The maximum absolute atomic E-state index is 11.7. The van der Waals surface area contributed by atoms with E-state index in [2.05, 4.69) is 0 Å². The van der Waals surface area contributed by atoms with Crippen LogP contribution in [0.1, 0.15) is 24.5 Å². The minimum absolute atomic E-state index is 0.0927. The van der Waals surface area contributed by atoms with Gasteiger partial charge in [0, 0.05) is 0 Å². The molecule has 0 saturated heterocycles. The summed E-state index contributed by atoms with van der Waals surface area (Å²) in [6.07, 6.45) is -1.73. The fraction of sp³-hybridized carbons (Fsp3) is 0.300. The zero-order chi connectivity index (χ0) is 18.6. The summed E-state index contributed by atoms with van der Waals surface area (Å²) >= 11 is 0. The fourth-order valence-electron chi connectivity index (χ4n) is 2.04. The molecule has 6 heteroatoms. The molecule has 0 amide bonds. The molecule has 0 aromatic heterocycles. The summed E-state index contributed by atoms with van der Waals surface area (Å²) in [4.78, 5) is 23.3. The first-order valence-corrected chi connectivity index (χ1v) is 8.38. The maximum Gasteiger partial charge on any atom is 0.509 e. The standard InChI is InChI=1S/C20H22O6/c1-2-18(26-20(22)24-14-17-11-7-4-8-12-17)15-25-19(21)23-13-16-9-5-3-6-10-16/h3-12,18H,2,13-15H2,1H3. The highest BCUT2D eigenvalue weighted by atomic mass is 16.7. The molecule has 26 heavy (non-hydrogen) atoms. The van der Waals surface area contributed by atoms with Crippen LogP contribution in [-0.2, 0) is 32.2 Å². The van der Waals surface area contributed by atoms with Gasteiger partial charge in [0.2, 0.25) is 0 Å². The number of rotatable bonds is 8. The molecular formula is C20H22O6. The molecule has 0 aliphatic rings. The molecule has 0 aliphatic heterocycles. The molecule has 0 spiro atoms. The lowest BCUT2D eigenvalue weighted by Gasteiger charge is -2.16. The third-order valence-electron chi connectivity index (χ3n) is 3.50. The molecule has 2 rings (SSSR count). The lowest BCUT2D eigenvalue weighted by molar-refractivity contribution is -0.0212. The van der Waals surface area contributed by atoms with Gasteiger partial charge in [-0.1, -0.05) is 67.6 Å². The zero-order valence-electron chi connectivity index (χ0n) is 14.6. The van der Waals surface area contributed by atoms with Gasteiger partial charge in [-0.25, -0.2) is 9.59 Å². The van der Waals surface area contributed by atoms with Gasteiger partial charge in [0.1, 0.15) is 25.9 Å². The van der Waals surface area contributed by atoms with Crippen LogP contribution in [-0.4, -0.2) is 25.0 Å². The van der Waals surface area contributed by atoms with Crippen LogP contribution in [0.15, 0.2) is 60.7 Å². The average molecular weight is 358 g/mol. The van der Waals surface area contributed by atoms with Gasteiger partial charge in [0.25, 0.3) is 0 Å². The zero-order valence-corrected chi connectivity index (χ0v) is 14.6.